The fourth-order valence-corrected chi connectivity index (χ4v) is 3.08. The van der Waals surface area contributed by atoms with Gasteiger partial charge >= 0.3 is 0 Å². The van der Waals surface area contributed by atoms with E-state index in [9.17, 15) is 0 Å². The lowest BCUT2D eigenvalue weighted by atomic mass is 9.90. The molecule has 1 aromatic heterocycles. The topological polar surface area (TPSA) is 28.2 Å². The van der Waals surface area contributed by atoms with Crippen molar-refractivity contribution in [2.24, 2.45) is 0 Å². The normalized spacial score (nSPS) is 21.1. The summed E-state index contributed by atoms with van der Waals surface area (Å²) in [6.45, 7) is 9.06. The molecule has 16 heavy (non-hydrogen) atoms. The first kappa shape index (κ1) is 12.0. The fraction of sp³-hybridized carbons (Fsp3) is 0.750. The van der Waals surface area contributed by atoms with Gasteiger partial charge in [-0.15, -0.1) is 11.3 Å². The molecule has 0 saturated carbocycles. The van der Waals surface area contributed by atoms with Crippen molar-refractivity contribution >= 4 is 11.3 Å². The molecule has 2 rings (SSSR count). The molecule has 0 unspecified atom stereocenters. The Hall–Kier alpha value is -0.450. The van der Waals surface area contributed by atoms with Gasteiger partial charge in [-0.2, -0.15) is 0 Å². The van der Waals surface area contributed by atoms with Crippen LogP contribution < -0.4 is 5.32 Å². The molecule has 0 aromatic carbocycles. The Morgan fingerprint density at radius 1 is 1.50 bits per heavy atom. The first-order valence-electron chi connectivity index (χ1n) is 6.13. The van der Waals surface area contributed by atoms with Crippen LogP contribution in [0.2, 0.25) is 0 Å². The summed E-state index contributed by atoms with van der Waals surface area (Å²) in [5.74, 6) is 0. The standard InChI is InChI=1S/C12H21N3S/c1-3-12(4-2)9-15(6-5-14-12)8-11-7-13-10-16-11/h7,10,14H,3-6,8-9H2,1-2H3. The smallest absolute Gasteiger partial charge is 0.0794 e. The van der Waals surface area contributed by atoms with Gasteiger partial charge in [0.1, 0.15) is 0 Å². The summed E-state index contributed by atoms with van der Waals surface area (Å²) in [7, 11) is 0. The predicted octanol–water partition coefficient (Wildman–Crippen LogP) is 2.11. The van der Waals surface area contributed by atoms with Crippen LogP contribution >= 0.6 is 11.3 Å². The largest absolute Gasteiger partial charge is 0.309 e. The zero-order valence-corrected chi connectivity index (χ0v) is 11.0. The molecule has 1 aromatic rings. The average molecular weight is 239 g/mol. The highest BCUT2D eigenvalue weighted by Crippen LogP contribution is 2.21. The van der Waals surface area contributed by atoms with Crippen molar-refractivity contribution in [3.63, 3.8) is 0 Å². The highest BCUT2D eigenvalue weighted by atomic mass is 32.1. The van der Waals surface area contributed by atoms with Crippen molar-refractivity contribution in [3.8, 4) is 0 Å². The van der Waals surface area contributed by atoms with Crippen LogP contribution in [0.4, 0.5) is 0 Å². The molecule has 0 spiro atoms. The fourth-order valence-electron chi connectivity index (χ4n) is 2.44. The summed E-state index contributed by atoms with van der Waals surface area (Å²) in [5, 5.41) is 3.69. The predicted molar refractivity (Wildman–Crippen MR) is 68.7 cm³/mol. The number of piperazine rings is 1. The lowest BCUT2D eigenvalue weighted by Crippen LogP contribution is -2.59. The minimum absolute atomic E-state index is 0.336. The van der Waals surface area contributed by atoms with Gasteiger partial charge in [0.2, 0.25) is 0 Å². The Morgan fingerprint density at radius 3 is 2.94 bits per heavy atom. The Labute approximate surface area is 102 Å². The van der Waals surface area contributed by atoms with Crippen LogP contribution in [0, 0.1) is 0 Å². The van der Waals surface area contributed by atoms with Gasteiger partial charge in [0.25, 0.3) is 0 Å². The first-order valence-corrected chi connectivity index (χ1v) is 7.01. The maximum Gasteiger partial charge on any atom is 0.0794 e. The number of rotatable bonds is 4. The van der Waals surface area contributed by atoms with Crippen LogP contribution in [0.3, 0.4) is 0 Å². The van der Waals surface area contributed by atoms with Crippen LogP contribution in [0.1, 0.15) is 31.6 Å². The second-order valence-corrected chi connectivity index (χ2v) is 5.56. The van der Waals surface area contributed by atoms with E-state index in [0.29, 0.717) is 5.54 Å². The summed E-state index contributed by atoms with van der Waals surface area (Å²) in [5.41, 5.74) is 2.26. The Balaban J connectivity index is 1.96. The maximum absolute atomic E-state index is 4.14. The zero-order chi connectivity index (χ0) is 11.4. The second-order valence-electron chi connectivity index (χ2n) is 4.59. The molecule has 1 aliphatic heterocycles. The third-order valence-corrected chi connectivity index (χ3v) is 4.44. The lowest BCUT2D eigenvalue weighted by molar-refractivity contribution is 0.119. The Bertz CT molecular complexity index is 306. The van der Waals surface area contributed by atoms with E-state index in [1.807, 2.05) is 11.7 Å². The van der Waals surface area contributed by atoms with Gasteiger partial charge in [-0.05, 0) is 12.8 Å². The molecule has 1 saturated heterocycles. The molecule has 0 aliphatic carbocycles. The third kappa shape index (κ3) is 2.62. The molecule has 0 radical (unpaired) electrons. The number of nitrogens with one attached hydrogen (secondary N) is 1. The van der Waals surface area contributed by atoms with Crippen LogP contribution in [-0.4, -0.2) is 35.1 Å². The molecule has 3 nitrogen and oxygen atoms in total. The molecule has 90 valence electrons. The van der Waals surface area contributed by atoms with Gasteiger partial charge in [0.15, 0.2) is 0 Å². The summed E-state index contributed by atoms with van der Waals surface area (Å²) >= 11 is 1.76. The van der Waals surface area contributed by atoms with E-state index in [4.69, 9.17) is 0 Å². The number of aromatic nitrogens is 1. The van der Waals surface area contributed by atoms with Crippen molar-refractivity contribution in [1.29, 1.82) is 0 Å². The van der Waals surface area contributed by atoms with E-state index < -0.39 is 0 Å². The van der Waals surface area contributed by atoms with Crippen molar-refractivity contribution < 1.29 is 0 Å². The second kappa shape index (κ2) is 5.25. The van der Waals surface area contributed by atoms with Crippen LogP contribution in [0.5, 0.6) is 0 Å². The van der Waals surface area contributed by atoms with Gasteiger partial charge in [-0.1, -0.05) is 13.8 Å². The van der Waals surface area contributed by atoms with Gasteiger partial charge in [0, 0.05) is 42.8 Å². The molecule has 1 aliphatic rings. The van der Waals surface area contributed by atoms with Gasteiger partial charge in [-0.25, -0.2) is 0 Å². The Kier molecular flexibility index (Phi) is 3.95. The molecular weight excluding hydrogens is 218 g/mol. The summed E-state index contributed by atoms with van der Waals surface area (Å²) in [6, 6.07) is 0. The van der Waals surface area contributed by atoms with Crippen molar-refractivity contribution in [2.75, 3.05) is 19.6 Å². The molecule has 1 fully saturated rings. The van der Waals surface area contributed by atoms with E-state index in [1.165, 1.54) is 17.7 Å². The molecule has 4 heteroatoms. The van der Waals surface area contributed by atoms with Crippen molar-refractivity contribution in [2.45, 2.75) is 38.8 Å². The molecule has 0 amide bonds. The molecule has 1 N–H and O–H groups in total. The monoisotopic (exact) mass is 239 g/mol. The lowest BCUT2D eigenvalue weighted by Gasteiger charge is -2.43. The van der Waals surface area contributed by atoms with Gasteiger partial charge < -0.3 is 5.32 Å². The van der Waals surface area contributed by atoms with Crippen LogP contribution in [0.15, 0.2) is 11.7 Å². The molecule has 2 heterocycles. The summed E-state index contributed by atoms with van der Waals surface area (Å²) in [6.07, 6.45) is 4.41. The number of hydrogen-bond acceptors (Lipinski definition) is 4. The Morgan fingerprint density at radius 2 is 2.31 bits per heavy atom. The summed E-state index contributed by atoms with van der Waals surface area (Å²) < 4.78 is 0. The maximum atomic E-state index is 4.14. The van der Waals surface area contributed by atoms with Crippen LogP contribution in [0.25, 0.3) is 0 Å². The zero-order valence-electron chi connectivity index (χ0n) is 10.2. The van der Waals surface area contributed by atoms with Crippen molar-refractivity contribution in [1.82, 2.24) is 15.2 Å². The van der Waals surface area contributed by atoms with E-state index in [2.05, 4.69) is 29.0 Å². The molecular formula is C12H21N3S. The quantitative estimate of drug-likeness (QED) is 0.872. The third-order valence-electron chi connectivity index (χ3n) is 3.67. The van der Waals surface area contributed by atoms with Crippen LogP contribution in [-0.2, 0) is 6.54 Å². The van der Waals surface area contributed by atoms with E-state index in [-0.39, 0.29) is 0 Å². The number of thiazole rings is 1. The van der Waals surface area contributed by atoms with Gasteiger partial charge in [-0.3, -0.25) is 9.88 Å². The van der Waals surface area contributed by atoms with E-state index in [0.717, 1.165) is 26.2 Å². The average Bonchev–Trinajstić information content (AvgIpc) is 2.82. The summed E-state index contributed by atoms with van der Waals surface area (Å²) in [4.78, 5) is 8.07. The SMILES string of the molecule is CCC1(CC)CN(Cc2cncs2)CCN1. The van der Waals surface area contributed by atoms with E-state index >= 15 is 0 Å². The van der Waals surface area contributed by atoms with Crippen molar-refractivity contribution in [3.05, 3.63) is 16.6 Å². The highest BCUT2D eigenvalue weighted by Gasteiger charge is 2.31. The highest BCUT2D eigenvalue weighted by molar-refractivity contribution is 7.09. The minimum Gasteiger partial charge on any atom is -0.309 e. The van der Waals surface area contributed by atoms with E-state index in [1.54, 1.807) is 11.3 Å². The first-order chi connectivity index (χ1) is 7.78. The molecule has 0 atom stereocenters. The number of nitrogens with zero attached hydrogens (tertiary/aromatic N) is 2. The van der Waals surface area contributed by atoms with Gasteiger partial charge in [0.05, 0.1) is 5.51 Å². The minimum atomic E-state index is 0.336. The number of hydrogen-bond donors (Lipinski definition) is 1. The molecule has 0 bridgehead atoms.